The number of hydrogen-bond donors (Lipinski definition) is 0. The summed E-state index contributed by atoms with van der Waals surface area (Å²) in [5.74, 6) is -1.73. The van der Waals surface area contributed by atoms with Crippen LogP contribution in [0.5, 0.6) is 0 Å². The van der Waals surface area contributed by atoms with Gasteiger partial charge in [0, 0.05) is 61.0 Å². The average molecular weight is 654 g/mol. The molecule has 1 heterocycles. The molecule has 0 aliphatic carbocycles. The summed E-state index contributed by atoms with van der Waals surface area (Å²) in [6, 6.07) is 34.8. The number of ether oxygens (including phenoxy) is 1. The first-order valence-electron chi connectivity index (χ1n) is 17.3. The fourth-order valence-corrected chi connectivity index (χ4v) is 7.08. The minimum atomic E-state index is -0.728. The van der Waals surface area contributed by atoms with Crippen molar-refractivity contribution in [2.75, 3.05) is 47.4 Å². The monoisotopic (exact) mass is 653 g/mol. The zero-order valence-electron chi connectivity index (χ0n) is 28.9. The van der Waals surface area contributed by atoms with Crippen LogP contribution in [0, 0.1) is 0 Å². The number of cyclic esters (lactones) is 2. The Hall–Kier alpha value is -5.43. The molecule has 0 saturated carbocycles. The molecule has 0 atom stereocenters. The number of esters is 2. The van der Waals surface area contributed by atoms with Crippen LogP contribution in [-0.2, 0) is 4.74 Å². The minimum Gasteiger partial charge on any atom is -0.386 e. The lowest BCUT2D eigenvalue weighted by molar-refractivity contribution is 0.0443. The zero-order valence-corrected chi connectivity index (χ0v) is 28.9. The van der Waals surface area contributed by atoms with Crippen molar-refractivity contribution < 1.29 is 19.1 Å². The van der Waals surface area contributed by atoms with Crippen molar-refractivity contribution >= 4 is 45.7 Å². The maximum absolute atomic E-state index is 14.0. The molecule has 49 heavy (non-hydrogen) atoms. The van der Waals surface area contributed by atoms with E-state index in [-0.39, 0.29) is 23.0 Å². The van der Waals surface area contributed by atoms with E-state index >= 15 is 0 Å². The third kappa shape index (κ3) is 6.29. The number of nitrogens with zero attached hydrogens (tertiary/aromatic N) is 3. The highest BCUT2D eigenvalue weighted by molar-refractivity contribution is 6.17. The minimum absolute atomic E-state index is 0.0542. The first kappa shape index (κ1) is 33.5. The summed E-state index contributed by atoms with van der Waals surface area (Å²) >= 11 is 0. The summed E-state index contributed by atoms with van der Waals surface area (Å²) in [4.78, 5) is 44.7. The molecule has 0 aromatic heterocycles. The molecule has 5 aromatic rings. The van der Waals surface area contributed by atoms with Crippen molar-refractivity contribution in [1.29, 1.82) is 0 Å². The van der Waals surface area contributed by atoms with E-state index in [0.717, 1.165) is 48.2 Å². The van der Waals surface area contributed by atoms with Gasteiger partial charge in [-0.05, 0) is 105 Å². The van der Waals surface area contributed by atoms with E-state index in [4.69, 9.17) is 4.74 Å². The van der Waals surface area contributed by atoms with Crippen LogP contribution in [0.4, 0.5) is 17.1 Å². The first-order chi connectivity index (χ1) is 23.8. The van der Waals surface area contributed by atoms with Gasteiger partial charge >= 0.3 is 11.9 Å². The Morgan fingerprint density at radius 3 is 1.65 bits per heavy atom. The molecule has 0 bridgehead atoms. The molecule has 0 unspecified atom stereocenters. The Kier molecular flexibility index (Phi) is 9.81. The summed E-state index contributed by atoms with van der Waals surface area (Å²) in [5, 5.41) is 2.01. The van der Waals surface area contributed by atoms with E-state index in [9.17, 15) is 14.4 Å². The quantitative estimate of drug-likeness (QED) is 0.0763. The van der Waals surface area contributed by atoms with E-state index in [1.165, 1.54) is 34.6 Å². The lowest BCUT2D eigenvalue weighted by atomic mass is 9.82. The van der Waals surface area contributed by atoms with Gasteiger partial charge < -0.3 is 19.4 Å². The SMILES string of the molecule is CCN(CC)c1ccc(C(c2ccc(N(CC)CC)cc2)c2ccc(N(CC)C(=O)c3ccc4c(c3)C(=O)OC4=O)c3ccccc23)cc1. The van der Waals surface area contributed by atoms with E-state index in [2.05, 4.69) is 104 Å². The third-order valence-electron chi connectivity index (χ3n) is 9.70. The van der Waals surface area contributed by atoms with Gasteiger partial charge in [0.15, 0.2) is 0 Å². The van der Waals surface area contributed by atoms with Crippen LogP contribution in [0.3, 0.4) is 0 Å². The van der Waals surface area contributed by atoms with E-state index < -0.39 is 11.9 Å². The van der Waals surface area contributed by atoms with Crippen LogP contribution in [0.25, 0.3) is 10.8 Å². The van der Waals surface area contributed by atoms with Crippen LogP contribution in [0.1, 0.15) is 88.3 Å². The van der Waals surface area contributed by atoms with Gasteiger partial charge in [0.1, 0.15) is 0 Å². The number of rotatable bonds is 12. The van der Waals surface area contributed by atoms with Crippen molar-refractivity contribution in [3.05, 3.63) is 137 Å². The van der Waals surface area contributed by atoms with Gasteiger partial charge in [-0.15, -0.1) is 0 Å². The zero-order chi connectivity index (χ0) is 34.7. The highest BCUT2D eigenvalue weighted by atomic mass is 16.6. The molecule has 0 N–H and O–H groups in total. The molecule has 7 nitrogen and oxygen atoms in total. The number of carbonyl (C=O) groups is 3. The van der Waals surface area contributed by atoms with Gasteiger partial charge in [0.25, 0.3) is 5.91 Å². The Labute approximate surface area is 288 Å². The van der Waals surface area contributed by atoms with Gasteiger partial charge in [-0.1, -0.05) is 54.6 Å². The molecule has 7 heteroatoms. The molecule has 0 fully saturated rings. The number of anilines is 3. The average Bonchev–Trinajstić information content (AvgIpc) is 3.43. The second-order valence-electron chi connectivity index (χ2n) is 12.2. The molecular formula is C42H43N3O4. The molecular weight excluding hydrogens is 610 g/mol. The van der Waals surface area contributed by atoms with Gasteiger partial charge in [0.05, 0.1) is 16.8 Å². The number of benzene rings is 5. The molecule has 0 spiro atoms. The normalized spacial score (nSPS) is 12.3. The number of carbonyl (C=O) groups excluding carboxylic acids is 3. The predicted molar refractivity (Wildman–Crippen MR) is 198 cm³/mol. The predicted octanol–water partition coefficient (Wildman–Crippen LogP) is 8.69. The fraction of sp³-hybridized carbons (Fsp3) is 0.262. The Bertz CT molecular complexity index is 1940. The molecule has 0 radical (unpaired) electrons. The number of fused-ring (bicyclic) bond motifs is 2. The second-order valence-corrected chi connectivity index (χ2v) is 12.2. The Morgan fingerprint density at radius 2 is 1.12 bits per heavy atom. The van der Waals surface area contributed by atoms with Gasteiger partial charge in [0.2, 0.25) is 0 Å². The maximum atomic E-state index is 14.0. The Balaban J connectivity index is 1.46. The lowest BCUT2D eigenvalue weighted by Gasteiger charge is -2.27. The van der Waals surface area contributed by atoms with Crippen molar-refractivity contribution in [2.45, 2.75) is 40.5 Å². The summed E-state index contributed by atoms with van der Waals surface area (Å²) in [7, 11) is 0. The van der Waals surface area contributed by atoms with Gasteiger partial charge in [-0.2, -0.15) is 0 Å². The summed E-state index contributed by atoms with van der Waals surface area (Å²) in [6.07, 6.45) is 0. The number of amides is 1. The van der Waals surface area contributed by atoms with Gasteiger partial charge in [-0.3, -0.25) is 4.79 Å². The Morgan fingerprint density at radius 1 is 0.592 bits per heavy atom. The van der Waals surface area contributed by atoms with Crippen molar-refractivity contribution in [3.8, 4) is 0 Å². The number of hydrogen-bond acceptors (Lipinski definition) is 6. The largest absolute Gasteiger partial charge is 0.386 e. The molecule has 5 aromatic carbocycles. The fourth-order valence-electron chi connectivity index (χ4n) is 7.08. The maximum Gasteiger partial charge on any atom is 0.346 e. The van der Waals surface area contributed by atoms with E-state index in [0.29, 0.717) is 12.1 Å². The molecule has 0 saturated heterocycles. The summed E-state index contributed by atoms with van der Waals surface area (Å²) in [5.41, 5.74) is 7.32. The van der Waals surface area contributed by atoms with Crippen LogP contribution >= 0.6 is 0 Å². The third-order valence-corrected chi connectivity index (χ3v) is 9.70. The van der Waals surface area contributed by atoms with Crippen molar-refractivity contribution in [1.82, 2.24) is 0 Å². The standard InChI is InChI=1S/C42H43N3O4/c1-6-43(7-2)31-20-15-28(16-21-31)39(29-17-22-32(23-18-29)44(8-3)9-4)35-25-26-38(34-14-12-11-13-33(34)35)45(10-5)40(46)30-19-24-36-37(27-30)42(48)49-41(36)47/h11-27,39H,6-10H2,1-5H3. The van der Waals surface area contributed by atoms with Crippen molar-refractivity contribution in [2.24, 2.45) is 0 Å². The van der Waals surface area contributed by atoms with E-state index in [1.807, 2.05) is 25.1 Å². The lowest BCUT2D eigenvalue weighted by Crippen LogP contribution is -2.31. The second kappa shape index (κ2) is 14.4. The first-order valence-corrected chi connectivity index (χ1v) is 17.3. The smallest absolute Gasteiger partial charge is 0.346 e. The molecule has 1 amide bonds. The van der Waals surface area contributed by atoms with E-state index in [1.54, 1.807) is 11.0 Å². The van der Waals surface area contributed by atoms with Crippen LogP contribution in [0.2, 0.25) is 0 Å². The summed E-state index contributed by atoms with van der Waals surface area (Å²) < 4.78 is 4.76. The molecule has 250 valence electrons. The van der Waals surface area contributed by atoms with Crippen LogP contribution in [0.15, 0.2) is 103 Å². The van der Waals surface area contributed by atoms with Gasteiger partial charge in [-0.25, -0.2) is 9.59 Å². The van der Waals surface area contributed by atoms with Crippen LogP contribution < -0.4 is 14.7 Å². The summed E-state index contributed by atoms with van der Waals surface area (Å²) in [6.45, 7) is 14.8. The van der Waals surface area contributed by atoms with Crippen LogP contribution in [-0.4, -0.2) is 50.6 Å². The van der Waals surface area contributed by atoms with Crippen molar-refractivity contribution in [3.63, 3.8) is 0 Å². The molecule has 1 aliphatic rings. The molecule has 1 aliphatic heterocycles. The topological polar surface area (TPSA) is 70.2 Å². The molecule has 6 rings (SSSR count). The highest BCUT2D eigenvalue weighted by Gasteiger charge is 2.31. The highest BCUT2D eigenvalue weighted by Crippen LogP contribution is 2.40.